The van der Waals surface area contributed by atoms with Gasteiger partial charge in [0.05, 0.1) is 17.1 Å². The van der Waals surface area contributed by atoms with E-state index >= 15 is 0 Å². The number of nitrogens with one attached hydrogen (secondary N) is 1. The molecule has 0 radical (unpaired) electrons. The van der Waals surface area contributed by atoms with Gasteiger partial charge in [0.15, 0.2) is 0 Å². The number of hydrogen-bond acceptors (Lipinski definition) is 4. The van der Waals surface area contributed by atoms with Crippen LogP contribution in [0.15, 0.2) is 63.1 Å². The van der Waals surface area contributed by atoms with Crippen LogP contribution in [0.5, 0.6) is 5.88 Å². The van der Waals surface area contributed by atoms with E-state index in [1.807, 2.05) is 25.1 Å². The summed E-state index contributed by atoms with van der Waals surface area (Å²) in [5.41, 5.74) is 2.96. The first-order valence-corrected chi connectivity index (χ1v) is 9.42. The highest BCUT2D eigenvalue weighted by molar-refractivity contribution is 6.03. The van der Waals surface area contributed by atoms with Gasteiger partial charge in [-0.15, -0.1) is 0 Å². The van der Waals surface area contributed by atoms with E-state index in [0.717, 1.165) is 29.5 Å². The fourth-order valence-corrected chi connectivity index (χ4v) is 3.70. The van der Waals surface area contributed by atoms with Crippen LogP contribution in [0.2, 0.25) is 0 Å². The van der Waals surface area contributed by atoms with Gasteiger partial charge in [0.25, 0.3) is 5.56 Å². The molecule has 6 heteroatoms. The summed E-state index contributed by atoms with van der Waals surface area (Å²) in [5, 5.41) is 10.8. The molecule has 0 aliphatic heterocycles. The maximum Gasteiger partial charge on any atom is 0.335 e. The van der Waals surface area contributed by atoms with Gasteiger partial charge >= 0.3 is 5.69 Å². The number of para-hydroxylation sites is 1. The Morgan fingerprint density at radius 2 is 1.86 bits per heavy atom. The predicted octanol–water partition coefficient (Wildman–Crippen LogP) is 3.25. The first-order valence-electron chi connectivity index (χ1n) is 9.42. The molecule has 0 saturated heterocycles. The maximum absolute atomic E-state index is 12.5. The average Bonchev–Trinajstić information content (AvgIpc) is 3.15. The Labute approximate surface area is 161 Å². The fraction of sp³-hybridized carbons (Fsp3) is 0.227. The highest BCUT2D eigenvalue weighted by atomic mass is 16.3. The van der Waals surface area contributed by atoms with Gasteiger partial charge in [0.2, 0.25) is 5.88 Å². The molecule has 6 nitrogen and oxygen atoms in total. The highest BCUT2D eigenvalue weighted by Gasteiger charge is 2.20. The summed E-state index contributed by atoms with van der Waals surface area (Å²) in [6.45, 7) is 1.86. The second-order valence-corrected chi connectivity index (χ2v) is 6.85. The summed E-state index contributed by atoms with van der Waals surface area (Å²) in [5.74, 6) is -0.401. The first-order chi connectivity index (χ1) is 13.6. The summed E-state index contributed by atoms with van der Waals surface area (Å²) < 4.78 is 1.09. The molecular formula is C22H21N3O3. The minimum absolute atomic E-state index is 0.0199. The van der Waals surface area contributed by atoms with Crippen molar-refractivity contribution in [1.29, 1.82) is 0 Å². The molecule has 1 heterocycles. The van der Waals surface area contributed by atoms with Crippen molar-refractivity contribution in [3.8, 4) is 11.6 Å². The molecule has 0 amide bonds. The van der Waals surface area contributed by atoms with Gasteiger partial charge in [0.1, 0.15) is 5.56 Å². The van der Waals surface area contributed by atoms with Crippen molar-refractivity contribution in [2.45, 2.75) is 32.6 Å². The summed E-state index contributed by atoms with van der Waals surface area (Å²) >= 11 is 0. The van der Waals surface area contributed by atoms with Crippen LogP contribution < -0.4 is 11.2 Å². The molecule has 2 N–H and O–H groups in total. The Morgan fingerprint density at radius 3 is 2.61 bits per heavy atom. The van der Waals surface area contributed by atoms with Gasteiger partial charge in [-0.05, 0) is 61.1 Å². The van der Waals surface area contributed by atoms with E-state index in [2.05, 4.69) is 16.0 Å². The van der Waals surface area contributed by atoms with Crippen molar-refractivity contribution in [3.05, 3.63) is 86.1 Å². The van der Waals surface area contributed by atoms with Crippen molar-refractivity contribution in [2.75, 3.05) is 0 Å². The smallest absolute Gasteiger partial charge is 0.335 e. The zero-order valence-corrected chi connectivity index (χ0v) is 15.6. The number of aliphatic imine (C=N–C) groups is 1. The van der Waals surface area contributed by atoms with Crippen LogP contribution >= 0.6 is 0 Å². The number of aromatic amines is 1. The molecule has 0 saturated carbocycles. The molecule has 0 bridgehead atoms. The number of aromatic nitrogens is 2. The van der Waals surface area contributed by atoms with Gasteiger partial charge < -0.3 is 5.11 Å². The monoisotopic (exact) mass is 375 g/mol. The predicted molar refractivity (Wildman–Crippen MR) is 109 cm³/mol. The van der Waals surface area contributed by atoms with E-state index in [-0.39, 0.29) is 5.56 Å². The Bertz CT molecular complexity index is 1170. The van der Waals surface area contributed by atoms with E-state index in [9.17, 15) is 14.7 Å². The third-order valence-corrected chi connectivity index (χ3v) is 5.07. The summed E-state index contributed by atoms with van der Waals surface area (Å²) in [6.07, 6.45) is 3.69. The molecule has 0 fully saturated rings. The second-order valence-electron chi connectivity index (χ2n) is 6.85. The van der Waals surface area contributed by atoms with Gasteiger partial charge in [-0.1, -0.05) is 31.2 Å². The molecule has 28 heavy (non-hydrogen) atoms. The van der Waals surface area contributed by atoms with Crippen LogP contribution in [0.4, 0.5) is 5.69 Å². The number of hydrogen-bond donors (Lipinski definition) is 2. The van der Waals surface area contributed by atoms with Crippen LogP contribution in [0, 0.1) is 0 Å². The summed E-state index contributed by atoms with van der Waals surface area (Å²) in [4.78, 5) is 31.8. The third kappa shape index (κ3) is 3.17. The summed E-state index contributed by atoms with van der Waals surface area (Å²) in [7, 11) is 0. The zero-order chi connectivity index (χ0) is 19.7. The van der Waals surface area contributed by atoms with Gasteiger partial charge in [-0.2, -0.15) is 0 Å². The lowest BCUT2D eigenvalue weighted by atomic mass is 10.1. The molecule has 142 valence electrons. The molecule has 0 spiro atoms. The number of benzene rings is 2. The van der Waals surface area contributed by atoms with Crippen molar-refractivity contribution in [1.82, 2.24) is 9.55 Å². The van der Waals surface area contributed by atoms with E-state index in [1.165, 1.54) is 11.1 Å². The quantitative estimate of drug-likeness (QED) is 0.686. The first kappa shape index (κ1) is 18.0. The van der Waals surface area contributed by atoms with E-state index in [0.29, 0.717) is 17.8 Å². The van der Waals surface area contributed by atoms with E-state index in [4.69, 9.17) is 0 Å². The number of fused-ring (bicyclic) bond motifs is 1. The SMILES string of the molecule is CCC(=Nc1ccc2c(c1)CCC2)c1c(O)n(-c2ccccc2)c(=O)[nH]c1=O. The lowest BCUT2D eigenvalue weighted by Crippen LogP contribution is -2.33. The van der Waals surface area contributed by atoms with Crippen molar-refractivity contribution < 1.29 is 5.11 Å². The van der Waals surface area contributed by atoms with Crippen LogP contribution in [0.3, 0.4) is 0 Å². The Balaban J connectivity index is 1.87. The largest absolute Gasteiger partial charge is 0.493 e. The zero-order valence-electron chi connectivity index (χ0n) is 15.6. The number of aryl methyl sites for hydroxylation is 2. The van der Waals surface area contributed by atoms with Gasteiger partial charge in [-0.25, -0.2) is 9.36 Å². The number of H-pyrrole nitrogens is 1. The van der Waals surface area contributed by atoms with Gasteiger partial charge in [0, 0.05) is 0 Å². The van der Waals surface area contributed by atoms with E-state index < -0.39 is 17.1 Å². The molecule has 1 aliphatic carbocycles. The molecular weight excluding hydrogens is 354 g/mol. The number of aromatic hydroxyl groups is 1. The molecule has 1 aliphatic rings. The van der Waals surface area contributed by atoms with Gasteiger partial charge in [-0.3, -0.25) is 14.8 Å². The van der Waals surface area contributed by atoms with Crippen LogP contribution in [0.25, 0.3) is 5.69 Å². The number of rotatable bonds is 4. The lowest BCUT2D eigenvalue weighted by Gasteiger charge is -2.12. The molecule has 3 aromatic rings. The van der Waals surface area contributed by atoms with Crippen LogP contribution in [-0.2, 0) is 12.8 Å². The summed E-state index contributed by atoms with van der Waals surface area (Å²) in [6, 6.07) is 14.7. The second kappa shape index (κ2) is 7.31. The minimum Gasteiger partial charge on any atom is -0.493 e. The Hall–Kier alpha value is -3.41. The minimum atomic E-state index is -0.689. The maximum atomic E-state index is 12.5. The average molecular weight is 375 g/mol. The van der Waals surface area contributed by atoms with Crippen molar-refractivity contribution in [3.63, 3.8) is 0 Å². The molecule has 4 rings (SSSR count). The van der Waals surface area contributed by atoms with Crippen LogP contribution in [0.1, 0.15) is 36.5 Å². The Kier molecular flexibility index (Phi) is 4.69. The van der Waals surface area contributed by atoms with E-state index in [1.54, 1.807) is 24.3 Å². The van der Waals surface area contributed by atoms with Crippen LogP contribution in [-0.4, -0.2) is 20.4 Å². The normalized spacial score (nSPS) is 13.5. The molecule has 0 unspecified atom stereocenters. The topological polar surface area (TPSA) is 87.4 Å². The van der Waals surface area contributed by atoms with Crippen molar-refractivity contribution >= 4 is 11.4 Å². The molecule has 1 aromatic heterocycles. The standard InChI is InChI=1S/C22H21N3O3/c1-2-18(23-16-12-11-14-7-6-8-15(14)13-16)19-20(26)24-22(28)25(21(19)27)17-9-4-3-5-10-17/h3-5,9-13,27H,2,6-8H2,1H3,(H,24,26,28). The third-order valence-electron chi connectivity index (χ3n) is 5.07. The number of nitrogens with zero attached hydrogens (tertiary/aromatic N) is 2. The lowest BCUT2D eigenvalue weighted by molar-refractivity contribution is 0.429. The Morgan fingerprint density at radius 1 is 1.11 bits per heavy atom. The highest BCUT2D eigenvalue weighted by Crippen LogP contribution is 2.27. The molecule has 2 aromatic carbocycles. The van der Waals surface area contributed by atoms with Crippen molar-refractivity contribution in [2.24, 2.45) is 4.99 Å². The molecule has 0 atom stereocenters. The fourth-order valence-electron chi connectivity index (χ4n) is 3.70.